The number of anilines is 2. The van der Waals surface area contributed by atoms with Crippen LogP contribution in [0.1, 0.15) is 28.8 Å². The summed E-state index contributed by atoms with van der Waals surface area (Å²) >= 11 is 0. The lowest BCUT2D eigenvalue weighted by molar-refractivity contribution is 0.0685. The Hall–Kier alpha value is -1.95. The second-order valence-electron chi connectivity index (χ2n) is 7.27. The van der Waals surface area contributed by atoms with E-state index in [-0.39, 0.29) is 17.8 Å². The molecule has 10 nitrogen and oxygen atoms in total. The van der Waals surface area contributed by atoms with Crippen molar-refractivity contribution in [3.63, 3.8) is 0 Å². The van der Waals surface area contributed by atoms with Crippen LogP contribution in [0.2, 0.25) is 0 Å². The smallest absolute Gasteiger partial charge is 0.337 e. The largest absolute Gasteiger partial charge is 0.478 e. The minimum Gasteiger partial charge on any atom is -0.478 e. The Labute approximate surface area is 157 Å². The van der Waals surface area contributed by atoms with Crippen LogP contribution in [0.25, 0.3) is 0 Å². The number of nitrogens with one attached hydrogen (secondary N) is 5. The molecule has 0 spiro atoms. The fourth-order valence-electron chi connectivity index (χ4n) is 3.92. The van der Waals surface area contributed by atoms with Crippen molar-refractivity contribution in [2.24, 2.45) is 0 Å². The van der Waals surface area contributed by atoms with Crippen LogP contribution in [-0.2, 0) is 6.54 Å². The first-order valence-electron chi connectivity index (χ1n) is 9.31. The predicted octanol–water partition coefficient (Wildman–Crippen LogP) is -0.985. The van der Waals surface area contributed by atoms with Crippen LogP contribution >= 0.6 is 0 Å². The van der Waals surface area contributed by atoms with Crippen LogP contribution in [0.15, 0.2) is 12.1 Å². The maximum Gasteiger partial charge on any atom is 0.337 e. The molecule has 2 fully saturated rings. The number of carboxylic acid groups (broad SMARTS) is 1. The molecule has 3 atom stereocenters. The number of aromatic carboxylic acids is 1. The van der Waals surface area contributed by atoms with Crippen molar-refractivity contribution in [2.75, 3.05) is 37.1 Å². The quantitative estimate of drug-likeness (QED) is 0.322. The maximum atomic E-state index is 11.7. The lowest BCUT2D eigenvalue weighted by Crippen LogP contribution is -2.61. The fourth-order valence-corrected chi connectivity index (χ4v) is 3.92. The van der Waals surface area contributed by atoms with E-state index >= 15 is 0 Å². The molecule has 10 heteroatoms. The second-order valence-corrected chi connectivity index (χ2v) is 7.27. The third-order valence-electron chi connectivity index (χ3n) is 5.52. The number of hydrogen-bond donors (Lipinski definition) is 7. The van der Waals surface area contributed by atoms with E-state index in [1.54, 1.807) is 12.1 Å². The van der Waals surface area contributed by atoms with Gasteiger partial charge in [-0.25, -0.2) is 21.1 Å². The minimum absolute atomic E-state index is 0.162. The number of hydrazine groups is 2. The number of nitrogens with zero attached hydrogens (tertiary/aromatic N) is 2. The Morgan fingerprint density at radius 3 is 2.85 bits per heavy atom. The molecular weight excluding hydrogens is 350 g/mol. The molecule has 0 saturated carbocycles. The summed E-state index contributed by atoms with van der Waals surface area (Å²) in [7, 11) is 1.88. The molecule has 0 bridgehead atoms. The van der Waals surface area contributed by atoms with Crippen LogP contribution in [0.5, 0.6) is 0 Å². The summed E-state index contributed by atoms with van der Waals surface area (Å²) in [6.07, 6.45) is 1.00. The van der Waals surface area contributed by atoms with E-state index in [0.717, 1.165) is 43.9 Å². The summed E-state index contributed by atoms with van der Waals surface area (Å²) < 4.78 is 0. The fraction of sp³-hybridized carbons (Fsp3) is 0.588. The number of carboxylic acids is 1. The van der Waals surface area contributed by atoms with Crippen LogP contribution in [-0.4, -0.2) is 66.3 Å². The van der Waals surface area contributed by atoms with E-state index in [2.05, 4.69) is 31.8 Å². The van der Waals surface area contributed by atoms with Crippen molar-refractivity contribution in [3.05, 3.63) is 23.3 Å². The Bertz CT molecular complexity index is 702. The monoisotopic (exact) mass is 377 g/mol. The minimum atomic E-state index is -1.02. The topological polar surface area (TPSA) is 124 Å². The van der Waals surface area contributed by atoms with Crippen molar-refractivity contribution in [2.45, 2.75) is 37.8 Å². The molecule has 0 radical (unpaired) electrons. The molecule has 148 valence electrons. The number of fused-ring (bicyclic) bond motifs is 1. The number of hydrogen-bond acceptors (Lipinski definition) is 9. The molecule has 1 aromatic carbocycles. The summed E-state index contributed by atoms with van der Waals surface area (Å²) in [5.41, 5.74) is 12.0. The molecule has 0 amide bonds. The van der Waals surface area contributed by atoms with Gasteiger partial charge in [0.25, 0.3) is 0 Å². The van der Waals surface area contributed by atoms with E-state index in [4.69, 9.17) is 0 Å². The Morgan fingerprint density at radius 2 is 2.19 bits per heavy atom. The van der Waals surface area contributed by atoms with Crippen molar-refractivity contribution in [1.82, 2.24) is 26.5 Å². The molecule has 0 aromatic heterocycles. The molecule has 3 unspecified atom stereocenters. The Morgan fingerprint density at radius 1 is 1.33 bits per heavy atom. The first kappa shape index (κ1) is 18.4. The highest BCUT2D eigenvalue weighted by Crippen LogP contribution is 2.31. The van der Waals surface area contributed by atoms with Crippen LogP contribution < -0.4 is 31.9 Å². The highest BCUT2D eigenvalue weighted by Gasteiger charge is 2.31. The molecule has 2 saturated heterocycles. The van der Waals surface area contributed by atoms with Crippen molar-refractivity contribution >= 4 is 17.3 Å². The molecule has 0 aliphatic carbocycles. The van der Waals surface area contributed by atoms with E-state index in [1.807, 2.05) is 12.1 Å². The number of rotatable bonds is 5. The van der Waals surface area contributed by atoms with Gasteiger partial charge in [0.15, 0.2) is 0 Å². The van der Waals surface area contributed by atoms with Crippen molar-refractivity contribution < 1.29 is 15.0 Å². The predicted molar refractivity (Wildman–Crippen MR) is 101 cm³/mol. The summed E-state index contributed by atoms with van der Waals surface area (Å²) in [5, 5.41) is 28.3. The van der Waals surface area contributed by atoms with Gasteiger partial charge in [0.2, 0.25) is 0 Å². The first-order valence-corrected chi connectivity index (χ1v) is 9.31. The maximum absolute atomic E-state index is 11.7. The summed E-state index contributed by atoms with van der Waals surface area (Å²) in [6.45, 7) is 3.45. The van der Waals surface area contributed by atoms with Crippen molar-refractivity contribution in [3.8, 4) is 0 Å². The SMILES string of the molecule is CN1NCc2cc(C(=O)O)c(NC(O)C3CCC(N4CCNC4)NN3)cc21. The van der Waals surface area contributed by atoms with E-state index < -0.39 is 12.2 Å². The third kappa shape index (κ3) is 3.72. The van der Waals surface area contributed by atoms with Gasteiger partial charge >= 0.3 is 5.97 Å². The van der Waals surface area contributed by atoms with Gasteiger partial charge in [-0.2, -0.15) is 0 Å². The van der Waals surface area contributed by atoms with Crippen molar-refractivity contribution in [1.29, 1.82) is 0 Å². The zero-order chi connectivity index (χ0) is 19.0. The lowest BCUT2D eigenvalue weighted by atomic mass is 10.0. The average molecular weight is 377 g/mol. The molecule has 3 aliphatic rings. The number of aliphatic hydroxyl groups excluding tert-OH is 1. The normalized spacial score (nSPS) is 26.8. The zero-order valence-electron chi connectivity index (χ0n) is 15.3. The number of carbonyl (C=O) groups is 1. The second kappa shape index (κ2) is 7.58. The standard InChI is InChI=1S/C17H27N7O3/c1-23-14-7-13(11(17(26)27)6-10(14)8-19-23)20-16(25)12-2-3-15(22-21-12)24-5-4-18-9-24/h6-7,12,15-16,18-22,25H,2-5,8-9H2,1H3,(H,26,27). The average Bonchev–Trinajstić information content (AvgIpc) is 3.32. The molecule has 7 N–H and O–H groups in total. The molecular formula is C17H27N7O3. The summed E-state index contributed by atoms with van der Waals surface area (Å²) in [6, 6.07) is 3.21. The molecule has 27 heavy (non-hydrogen) atoms. The number of benzene rings is 1. The molecule has 1 aromatic rings. The van der Waals surface area contributed by atoms with E-state index in [9.17, 15) is 15.0 Å². The van der Waals surface area contributed by atoms with Crippen LogP contribution in [0, 0.1) is 0 Å². The van der Waals surface area contributed by atoms with Crippen LogP contribution in [0.3, 0.4) is 0 Å². The number of aliphatic hydroxyl groups is 1. The highest BCUT2D eigenvalue weighted by molar-refractivity contribution is 5.96. The molecule has 3 heterocycles. The highest BCUT2D eigenvalue weighted by atomic mass is 16.4. The summed E-state index contributed by atoms with van der Waals surface area (Å²) in [4.78, 5) is 14.0. The molecule has 3 aliphatic heterocycles. The Balaban J connectivity index is 1.43. The van der Waals surface area contributed by atoms with E-state index in [0.29, 0.717) is 12.2 Å². The van der Waals surface area contributed by atoms with Gasteiger partial charge in [0, 0.05) is 33.4 Å². The lowest BCUT2D eigenvalue weighted by Gasteiger charge is -2.37. The zero-order valence-corrected chi connectivity index (χ0v) is 15.3. The molecule has 4 rings (SSSR count). The van der Waals surface area contributed by atoms with Gasteiger partial charge in [-0.3, -0.25) is 4.90 Å². The Kier molecular flexibility index (Phi) is 5.17. The van der Waals surface area contributed by atoms with Crippen LogP contribution in [0.4, 0.5) is 11.4 Å². The summed E-state index contributed by atoms with van der Waals surface area (Å²) in [5.74, 6) is -1.02. The van der Waals surface area contributed by atoms with Gasteiger partial charge in [0.1, 0.15) is 6.23 Å². The van der Waals surface area contributed by atoms with Gasteiger partial charge in [-0.1, -0.05) is 0 Å². The van der Waals surface area contributed by atoms with Gasteiger partial charge in [-0.15, -0.1) is 0 Å². The first-order chi connectivity index (χ1) is 13.0. The van der Waals surface area contributed by atoms with Gasteiger partial charge in [0.05, 0.1) is 29.1 Å². The van der Waals surface area contributed by atoms with E-state index in [1.165, 1.54) is 0 Å². The third-order valence-corrected chi connectivity index (χ3v) is 5.52. The van der Waals surface area contributed by atoms with Gasteiger partial charge < -0.3 is 25.9 Å². The van der Waals surface area contributed by atoms with Gasteiger partial charge in [-0.05, 0) is 30.5 Å².